The van der Waals surface area contributed by atoms with Crippen LogP contribution >= 0.6 is 0 Å². The van der Waals surface area contributed by atoms with Crippen molar-refractivity contribution in [2.75, 3.05) is 0 Å². The monoisotopic (exact) mass is 167 g/mol. The zero-order chi connectivity index (χ0) is 5.98. The fraction of sp³-hybridized carbons (Fsp3) is 0.200. The van der Waals surface area contributed by atoms with Gasteiger partial charge in [-0.1, -0.05) is 0 Å². The van der Waals surface area contributed by atoms with E-state index in [1.807, 2.05) is 0 Å². The van der Waals surface area contributed by atoms with Crippen LogP contribution in [-0.4, -0.2) is 17.2 Å². The molecule has 1 heterocycles. The van der Waals surface area contributed by atoms with Gasteiger partial charge in [-0.2, -0.15) is 0 Å². The molecule has 0 bridgehead atoms. The fourth-order valence-electron chi connectivity index (χ4n) is 0.468. The Hall–Kier alpha value is -0.601. The first kappa shape index (κ1) is 8.40. The van der Waals surface area contributed by atoms with Crippen molar-refractivity contribution in [3.05, 3.63) is 11.8 Å². The number of carbonyl (C=O) groups excluding carboxylic acids is 1. The zero-order valence-electron chi connectivity index (χ0n) is 4.52. The summed E-state index contributed by atoms with van der Waals surface area (Å²) in [4.78, 5) is 13.6. The van der Waals surface area contributed by atoms with E-state index in [1.54, 1.807) is 0 Å². The molecule has 0 aliphatic carbocycles. The van der Waals surface area contributed by atoms with Crippen molar-refractivity contribution >= 4 is 12.1 Å². The van der Waals surface area contributed by atoms with Crippen molar-refractivity contribution < 1.29 is 27.0 Å². The van der Waals surface area contributed by atoms with Crippen LogP contribution in [0.2, 0.25) is 0 Å². The Morgan fingerprint density at radius 3 is 2.67 bits per heavy atom. The molecule has 0 fully saturated rings. The summed E-state index contributed by atoms with van der Waals surface area (Å²) in [6.07, 6.45) is 2.88. The minimum Gasteiger partial charge on any atom is -0.512 e. The summed E-state index contributed by atoms with van der Waals surface area (Å²) in [5.41, 5.74) is 0. The molecule has 1 aliphatic heterocycles. The molecule has 0 atom stereocenters. The number of nitrogens with zero attached hydrogens (tertiary/aromatic N) is 1. The van der Waals surface area contributed by atoms with Gasteiger partial charge in [-0.05, 0) is 0 Å². The van der Waals surface area contributed by atoms with Crippen LogP contribution in [0.3, 0.4) is 0 Å². The first-order chi connectivity index (χ1) is 3.79. The third-order valence-corrected chi connectivity index (χ3v) is 0.809. The van der Waals surface area contributed by atoms with Gasteiger partial charge in [0.2, 0.25) is 0 Å². The number of rotatable bonds is 0. The van der Waals surface area contributed by atoms with E-state index in [4.69, 9.17) is 5.11 Å². The molecule has 0 unspecified atom stereocenters. The number of aliphatic hydroxyl groups excluding tert-OH is 1. The van der Waals surface area contributed by atoms with E-state index in [0.29, 0.717) is 6.42 Å². The van der Waals surface area contributed by atoms with Crippen LogP contribution in [0.25, 0.3) is 0 Å². The first-order valence-electron chi connectivity index (χ1n) is 2.25. The molecule has 0 saturated heterocycles. The average Bonchev–Trinajstić information content (AvgIpc) is 1.64. The summed E-state index contributed by atoms with van der Waals surface area (Å²) in [5, 5.41) is 8.63. The Balaban J connectivity index is 0.000000640. The molecule has 1 rings (SSSR count). The molecular weight excluding hydrogens is 162 g/mol. The molecule has 0 aromatic rings. The Morgan fingerprint density at radius 1 is 1.67 bits per heavy atom. The molecule has 0 saturated carbocycles. The number of hydrogen-bond donors (Lipinski definition) is 1. The molecule has 9 heavy (non-hydrogen) atoms. The van der Waals surface area contributed by atoms with Crippen molar-refractivity contribution in [3.8, 4) is 0 Å². The van der Waals surface area contributed by atoms with Gasteiger partial charge in [0.05, 0.1) is 0 Å². The van der Waals surface area contributed by atoms with E-state index in [-0.39, 0.29) is 28.7 Å². The first-order valence-corrected chi connectivity index (χ1v) is 2.25. The van der Waals surface area contributed by atoms with Crippen molar-refractivity contribution in [3.63, 3.8) is 0 Å². The maximum absolute atomic E-state index is 10.2. The predicted molar refractivity (Wildman–Crippen MR) is 28.8 cm³/mol. The molecular formula is C5H5FeNO2. The maximum atomic E-state index is 10.2. The third-order valence-electron chi connectivity index (χ3n) is 0.809. The van der Waals surface area contributed by atoms with Crippen molar-refractivity contribution in [2.45, 2.75) is 6.42 Å². The summed E-state index contributed by atoms with van der Waals surface area (Å²) in [7, 11) is 0. The minimum atomic E-state index is -0.381. The summed E-state index contributed by atoms with van der Waals surface area (Å²) < 4.78 is 0. The van der Waals surface area contributed by atoms with Gasteiger partial charge in [0.15, 0.2) is 0 Å². The van der Waals surface area contributed by atoms with Gasteiger partial charge < -0.3 is 5.11 Å². The van der Waals surface area contributed by atoms with Crippen molar-refractivity contribution in [1.82, 2.24) is 0 Å². The van der Waals surface area contributed by atoms with E-state index in [0.717, 1.165) is 6.08 Å². The quantitative estimate of drug-likeness (QED) is 0.531. The van der Waals surface area contributed by atoms with Crippen LogP contribution in [0.1, 0.15) is 6.42 Å². The third kappa shape index (κ3) is 2.44. The number of dihydropyridines is 1. The summed E-state index contributed by atoms with van der Waals surface area (Å²) in [6.45, 7) is 0. The number of aliphatic imine (C=N–C) groups is 1. The smallest absolute Gasteiger partial charge is 0.272 e. The Bertz CT molecular complexity index is 174. The molecule has 4 heteroatoms. The number of allylic oxidation sites excluding steroid dienone is 1. The van der Waals surface area contributed by atoms with Crippen LogP contribution in [0.4, 0.5) is 0 Å². The molecule has 0 aromatic carbocycles. The molecule has 3 nitrogen and oxygen atoms in total. The second-order valence-electron chi connectivity index (χ2n) is 1.49. The Morgan fingerprint density at radius 2 is 2.33 bits per heavy atom. The largest absolute Gasteiger partial charge is 0.512 e. The summed E-state index contributed by atoms with van der Waals surface area (Å²) >= 11 is 0. The second-order valence-corrected chi connectivity index (χ2v) is 1.49. The summed E-state index contributed by atoms with van der Waals surface area (Å²) in [6, 6.07) is 0. The molecule has 0 spiro atoms. The van der Waals surface area contributed by atoms with E-state index >= 15 is 0 Å². The van der Waals surface area contributed by atoms with Gasteiger partial charge in [-0.3, -0.25) is 4.79 Å². The van der Waals surface area contributed by atoms with Crippen molar-refractivity contribution in [2.24, 2.45) is 4.99 Å². The van der Waals surface area contributed by atoms with Gasteiger partial charge in [0.25, 0.3) is 5.91 Å². The van der Waals surface area contributed by atoms with E-state index in [1.165, 1.54) is 6.21 Å². The standard InChI is InChI=1S/C5H5NO2.Fe/c7-4-1-2-6-5(8)3-4;/h2-3,7H,1H2;. The topological polar surface area (TPSA) is 49.7 Å². The molecule has 1 aliphatic rings. The number of aliphatic hydroxyl groups is 1. The fourth-order valence-corrected chi connectivity index (χ4v) is 0.468. The molecule has 50 valence electrons. The Kier molecular flexibility index (Phi) is 3.20. The van der Waals surface area contributed by atoms with Gasteiger partial charge >= 0.3 is 0 Å². The van der Waals surface area contributed by atoms with E-state index in [2.05, 4.69) is 4.99 Å². The number of carbonyl (C=O) groups is 1. The van der Waals surface area contributed by atoms with Crippen LogP contribution in [0.15, 0.2) is 16.8 Å². The molecule has 0 aromatic heterocycles. The van der Waals surface area contributed by atoms with Gasteiger partial charge in [-0.25, -0.2) is 4.99 Å². The minimum absolute atomic E-state index is 0. The van der Waals surface area contributed by atoms with Crippen LogP contribution < -0.4 is 0 Å². The predicted octanol–water partition coefficient (Wildman–Crippen LogP) is 0.427. The van der Waals surface area contributed by atoms with Crippen LogP contribution in [0, 0.1) is 0 Å². The van der Waals surface area contributed by atoms with E-state index in [9.17, 15) is 4.79 Å². The maximum Gasteiger partial charge on any atom is 0.272 e. The molecule has 1 amide bonds. The van der Waals surface area contributed by atoms with Crippen LogP contribution in [0.5, 0.6) is 0 Å². The summed E-state index contributed by atoms with van der Waals surface area (Å²) in [5.74, 6) is -0.293. The second kappa shape index (κ2) is 3.43. The molecule has 0 radical (unpaired) electrons. The van der Waals surface area contributed by atoms with Gasteiger partial charge in [0.1, 0.15) is 5.76 Å². The zero-order valence-corrected chi connectivity index (χ0v) is 5.62. The SMILES string of the molecule is O=C1C=C(O)CC=N1.[Fe]. The number of hydrogen-bond acceptors (Lipinski definition) is 2. The molecule has 1 N–H and O–H groups in total. The van der Waals surface area contributed by atoms with Gasteiger partial charge in [-0.15, -0.1) is 0 Å². The van der Waals surface area contributed by atoms with Gasteiger partial charge in [0, 0.05) is 35.8 Å². The van der Waals surface area contributed by atoms with Crippen LogP contribution in [-0.2, 0) is 21.9 Å². The average molecular weight is 167 g/mol. The number of amides is 1. The Labute approximate surface area is 63.0 Å². The van der Waals surface area contributed by atoms with E-state index < -0.39 is 0 Å². The normalized spacial score (nSPS) is 16.4. The van der Waals surface area contributed by atoms with Crippen molar-refractivity contribution in [1.29, 1.82) is 0 Å².